The lowest BCUT2D eigenvalue weighted by atomic mass is 9.99. The third kappa shape index (κ3) is 3.30. The molecular formula is C15H23NO. The van der Waals surface area contributed by atoms with Crippen LogP contribution in [-0.2, 0) is 4.74 Å². The van der Waals surface area contributed by atoms with E-state index >= 15 is 0 Å². The van der Waals surface area contributed by atoms with Gasteiger partial charge in [-0.25, -0.2) is 0 Å². The van der Waals surface area contributed by atoms with Gasteiger partial charge in [0.15, 0.2) is 0 Å². The largest absolute Gasteiger partial charge is 0.381 e. The highest BCUT2D eigenvalue weighted by Gasteiger charge is 2.17. The van der Waals surface area contributed by atoms with Gasteiger partial charge >= 0.3 is 0 Å². The fraction of sp³-hybridized carbons (Fsp3) is 0.600. The van der Waals surface area contributed by atoms with Crippen LogP contribution in [0, 0.1) is 19.8 Å². The molecule has 2 unspecified atom stereocenters. The zero-order valence-electron chi connectivity index (χ0n) is 11.1. The van der Waals surface area contributed by atoms with Crippen LogP contribution in [0.2, 0.25) is 0 Å². The van der Waals surface area contributed by atoms with E-state index in [9.17, 15) is 0 Å². The van der Waals surface area contributed by atoms with E-state index in [1.54, 1.807) is 0 Å². The molecule has 1 aromatic rings. The van der Waals surface area contributed by atoms with Crippen LogP contribution in [0.25, 0.3) is 0 Å². The van der Waals surface area contributed by atoms with Crippen molar-refractivity contribution in [2.75, 3.05) is 19.8 Å². The minimum absolute atomic E-state index is 0.426. The second-order valence-electron chi connectivity index (χ2n) is 5.22. The highest BCUT2D eigenvalue weighted by molar-refractivity contribution is 5.32. The quantitative estimate of drug-likeness (QED) is 0.863. The fourth-order valence-electron chi connectivity index (χ4n) is 2.42. The van der Waals surface area contributed by atoms with Gasteiger partial charge in [0, 0.05) is 19.2 Å². The van der Waals surface area contributed by atoms with Gasteiger partial charge in [0.05, 0.1) is 6.61 Å². The molecule has 0 aliphatic carbocycles. The Morgan fingerprint density at radius 1 is 1.41 bits per heavy atom. The van der Waals surface area contributed by atoms with Crippen LogP contribution >= 0.6 is 0 Å². The number of rotatable bonds is 4. The van der Waals surface area contributed by atoms with Crippen molar-refractivity contribution in [1.29, 1.82) is 0 Å². The molecule has 2 heteroatoms. The maximum Gasteiger partial charge on any atom is 0.0507 e. The lowest BCUT2D eigenvalue weighted by Crippen LogP contribution is -2.26. The molecule has 1 aliphatic rings. The molecule has 1 aromatic carbocycles. The molecule has 1 saturated heterocycles. The number of hydrogen-bond donors (Lipinski definition) is 1. The predicted molar refractivity (Wildman–Crippen MR) is 71.3 cm³/mol. The molecule has 94 valence electrons. The van der Waals surface area contributed by atoms with E-state index in [-0.39, 0.29) is 0 Å². The summed E-state index contributed by atoms with van der Waals surface area (Å²) in [5.74, 6) is 0.697. The average Bonchev–Trinajstić information content (AvgIpc) is 2.82. The highest BCUT2D eigenvalue weighted by Crippen LogP contribution is 2.20. The van der Waals surface area contributed by atoms with E-state index in [0.717, 1.165) is 19.8 Å². The average molecular weight is 233 g/mol. The predicted octanol–water partition coefficient (Wildman–Crippen LogP) is 2.99. The molecule has 0 bridgehead atoms. The highest BCUT2D eigenvalue weighted by atomic mass is 16.5. The molecule has 2 rings (SSSR count). The second-order valence-corrected chi connectivity index (χ2v) is 5.22. The summed E-state index contributed by atoms with van der Waals surface area (Å²) in [6.45, 7) is 9.51. The summed E-state index contributed by atoms with van der Waals surface area (Å²) in [5, 5.41) is 3.63. The topological polar surface area (TPSA) is 21.3 Å². The van der Waals surface area contributed by atoms with Crippen LogP contribution in [0.15, 0.2) is 18.2 Å². The maximum absolute atomic E-state index is 5.40. The van der Waals surface area contributed by atoms with Gasteiger partial charge in [-0.15, -0.1) is 0 Å². The third-order valence-electron chi connectivity index (χ3n) is 3.64. The van der Waals surface area contributed by atoms with Crippen molar-refractivity contribution in [1.82, 2.24) is 5.32 Å². The van der Waals surface area contributed by atoms with Gasteiger partial charge in [0.1, 0.15) is 0 Å². The normalized spacial score (nSPS) is 21.7. The van der Waals surface area contributed by atoms with Gasteiger partial charge in [-0.1, -0.05) is 23.8 Å². The van der Waals surface area contributed by atoms with Crippen LogP contribution in [0.4, 0.5) is 0 Å². The first-order valence-corrected chi connectivity index (χ1v) is 6.55. The number of nitrogens with one attached hydrogen (secondary N) is 1. The monoisotopic (exact) mass is 233 g/mol. The summed E-state index contributed by atoms with van der Waals surface area (Å²) in [5.41, 5.74) is 4.13. The van der Waals surface area contributed by atoms with Crippen molar-refractivity contribution in [3.63, 3.8) is 0 Å². The van der Waals surface area contributed by atoms with Crippen LogP contribution < -0.4 is 5.32 Å². The van der Waals surface area contributed by atoms with Crippen LogP contribution in [-0.4, -0.2) is 19.8 Å². The number of benzene rings is 1. The van der Waals surface area contributed by atoms with E-state index < -0.39 is 0 Å². The van der Waals surface area contributed by atoms with Gasteiger partial charge in [-0.2, -0.15) is 0 Å². The Labute approximate surface area is 104 Å². The van der Waals surface area contributed by atoms with Crippen LogP contribution in [0.1, 0.15) is 36.1 Å². The summed E-state index contributed by atoms with van der Waals surface area (Å²) in [4.78, 5) is 0. The molecule has 2 atom stereocenters. The van der Waals surface area contributed by atoms with Crippen LogP contribution in [0.3, 0.4) is 0 Å². The van der Waals surface area contributed by atoms with Crippen molar-refractivity contribution in [2.45, 2.75) is 33.2 Å². The molecule has 0 spiro atoms. The minimum atomic E-state index is 0.426. The Morgan fingerprint density at radius 3 is 2.94 bits per heavy atom. The van der Waals surface area contributed by atoms with Gasteiger partial charge in [0.2, 0.25) is 0 Å². The Hall–Kier alpha value is -0.860. The first kappa shape index (κ1) is 12.6. The molecule has 1 aliphatic heterocycles. The van der Waals surface area contributed by atoms with Crippen molar-refractivity contribution >= 4 is 0 Å². The molecule has 1 N–H and O–H groups in total. The maximum atomic E-state index is 5.40. The lowest BCUT2D eigenvalue weighted by Gasteiger charge is -2.19. The smallest absolute Gasteiger partial charge is 0.0507 e. The minimum Gasteiger partial charge on any atom is -0.381 e. The number of ether oxygens (including phenoxy) is 1. The molecule has 1 heterocycles. The van der Waals surface area contributed by atoms with E-state index in [1.807, 2.05) is 0 Å². The number of hydrogen-bond acceptors (Lipinski definition) is 2. The van der Waals surface area contributed by atoms with E-state index in [1.165, 1.54) is 23.1 Å². The standard InChI is InChI=1S/C15H23NO/c1-11-4-5-12(2)15(8-11)13(3)16-9-14-6-7-17-10-14/h4-5,8,13-14,16H,6-7,9-10H2,1-3H3. The van der Waals surface area contributed by atoms with Crippen LogP contribution in [0.5, 0.6) is 0 Å². The summed E-state index contributed by atoms with van der Waals surface area (Å²) in [7, 11) is 0. The Balaban J connectivity index is 1.93. The summed E-state index contributed by atoms with van der Waals surface area (Å²) in [6.07, 6.45) is 1.20. The zero-order chi connectivity index (χ0) is 12.3. The molecule has 0 amide bonds. The summed E-state index contributed by atoms with van der Waals surface area (Å²) >= 11 is 0. The first-order valence-electron chi connectivity index (χ1n) is 6.55. The van der Waals surface area contributed by atoms with Gasteiger partial charge in [-0.3, -0.25) is 0 Å². The van der Waals surface area contributed by atoms with Crippen molar-refractivity contribution in [3.8, 4) is 0 Å². The number of aryl methyl sites for hydroxylation is 2. The van der Waals surface area contributed by atoms with Crippen molar-refractivity contribution in [2.24, 2.45) is 5.92 Å². The van der Waals surface area contributed by atoms with Gasteiger partial charge in [0.25, 0.3) is 0 Å². The summed E-state index contributed by atoms with van der Waals surface area (Å²) in [6, 6.07) is 7.10. The SMILES string of the molecule is Cc1ccc(C)c(C(C)NCC2CCOC2)c1. The Bertz CT molecular complexity index is 369. The summed E-state index contributed by atoms with van der Waals surface area (Å²) < 4.78 is 5.40. The first-order chi connectivity index (χ1) is 8.16. The van der Waals surface area contributed by atoms with Gasteiger partial charge in [-0.05, 0) is 44.2 Å². The molecule has 1 fully saturated rings. The van der Waals surface area contributed by atoms with Crippen molar-refractivity contribution < 1.29 is 4.74 Å². The fourth-order valence-corrected chi connectivity index (χ4v) is 2.42. The van der Waals surface area contributed by atoms with Crippen molar-refractivity contribution in [3.05, 3.63) is 34.9 Å². The zero-order valence-corrected chi connectivity index (χ0v) is 11.1. The molecular weight excluding hydrogens is 210 g/mol. The molecule has 17 heavy (non-hydrogen) atoms. The molecule has 0 aromatic heterocycles. The van der Waals surface area contributed by atoms with E-state index in [0.29, 0.717) is 12.0 Å². The van der Waals surface area contributed by atoms with Gasteiger partial charge < -0.3 is 10.1 Å². The molecule has 0 saturated carbocycles. The van der Waals surface area contributed by atoms with E-state index in [4.69, 9.17) is 4.74 Å². The van der Waals surface area contributed by atoms with E-state index in [2.05, 4.69) is 44.3 Å². The second kappa shape index (κ2) is 5.65. The lowest BCUT2D eigenvalue weighted by molar-refractivity contribution is 0.184. The Morgan fingerprint density at radius 2 is 2.24 bits per heavy atom. The third-order valence-corrected chi connectivity index (χ3v) is 3.64. The molecule has 2 nitrogen and oxygen atoms in total. The Kier molecular flexibility index (Phi) is 4.19. The molecule has 0 radical (unpaired) electrons.